The molecule has 1 atom stereocenters. The number of para-hydroxylation sites is 1. The van der Waals surface area contributed by atoms with Crippen molar-refractivity contribution in [3.05, 3.63) is 29.8 Å². The summed E-state index contributed by atoms with van der Waals surface area (Å²) in [6.45, 7) is 8.21. The molecule has 1 aliphatic heterocycles. The smallest absolute Gasteiger partial charge is 0.416 e. The van der Waals surface area contributed by atoms with Crippen LogP contribution in [-0.4, -0.2) is 36.7 Å². The van der Waals surface area contributed by atoms with Gasteiger partial charge < -0.3 is 9.47 Å². The number of carbonyl (C=O) groups excluding carboxylic acids is 2. The van der Waals surface area contributed by atoms with Crippen molar-refractivity contribution >= 4 is 12.0 Å². The Kier molecular flexibility index (Phi) is 6.89. The fourth-order valence-corrected chi connectivity index (χ4v) is 2.31. The average Bonchev–Trinajstić information content (AvgIpc) is 2.92. The molecule has 1 aromatic carbocycles. The van der Waals surface area contributed by atoms with Gasteiger partial charge in [-0.05, 0) is 12.0 Å². The third kappa shape index (κ3) is 4.00. The third-order valence-corrected chi connectivity index (χ3v) is 3.48. The molecule has 0 N–H and O–H groups in total. The topological polar surface area (TPSA) is 55.8 Å². The van der Waals surface area contributed by atoms with Gasteiger partial charge in [0.25, 0.3) is 0 Å². The van der Waals surface area contributed by atoms with E-state index in [4.69, 9.17) is 9.47 Å². The van der Waals surface area contributed by atoms with Crippen LogP contribution in [0.1, 0.15) is 33.3 Å². The lowest BCUT2D eigenvalue weighted by Gasteiger charge is -2.22. The summed E-state index contributed by atoms with van der Waals surface area (Å²) in [4.78, 5) is 25.3. The van der Waals surface area contributed by atoms with E-state index >= 15 is 0 Å². The zero-order valence-corrected chi connectivity index (χ0v) is 14.0. The quantitative estimate of drug-likeness (QED) is 0.856. The predicted molar refractivity (Wildman–Crippen MR) is 84.9 cm³/mol. The lowest BCUT2D eigenvalue weighted by Crippen LogP contribution is -2.42. The van der Waals surface area contributed by atoms with Gasteiger partial charge in [0.1, 0.15) is 12.4 Å². The van der Waals surface area contributed by atoms with Crippen LogP contribution >= 0.6 is 0 Å². The van der Waals surface area contributed by atoms with Gasteiger partial charge in [-0.2, -0.15) is 0 Å². The molecule has 0 spiro atoms. The van der Waals surface area contributed by atoms with Crippen LogP contribution in [0.15, 0.2) is 24.3 Å². The van der Waals surface area contributed by atoms with Gasteiger partial charge in [-0.3, -0.25) is 4.79 Å². The van der Waals surface area contributed by atoms with E-state index in [9.17, 15) is 9.59 Å². The first-order chi connectivity index (χ1) is 10.5. The number of imide groups is 1. The normalized spacial score (nSPS) is 16.9. The number of methoxy groups -OCH3 is 1. The number of cyclic esters (lactones) is 1. The van der Waals surface area contributed by atoms with Gasteiger partial charge in [-0.25, -0.2) is 9.69 Å². The summed E-state index contributed by atoms with van der Waals surface area (Å²) in [6, 6.07) is 7.11. The third-order valence-electron chi connectivity index (χ3n) is 3.48. The maximum atomic E-state index is 12.4. The first-order valence-electron chi connectivity index (χ1n) is 7.65. The molecule has 1 unspecified atom stereocenters. The first kappa shape index (κ1) is 18.0. The fraction of sp³-hybridized carbons (Fsp3) is 0.529. The summed E-state index contributed by atoms with van der Waals surface area (Å²) in [6.07, 6.45) is -0.425. The van der Waals surface area contributed by atoms with E-state index in [1.807, 2.05) is 45.9 Å². The highest BCUT2D eigenvalue weighted by atomic mass is 16.6. The molecule has 1 saturated heterocycles. The van der Waals surface area contributed by atoms with Crippen molar-refractivity contribution in [2.75, 3.05) is 13.7 Å². The minimum Gasteiger partial charge on any atom is -0.496 e. The van der Waals surface area contributed by atoms with Crippen LogP contribution in [0.5, 0.6) is 5.75 Å². The number of hydrogen-bond acceptors (Lipinski definition) is 4. The standard InChI is InChI=1S/C15H19NO4.C2H6/c1-10(2)12-9-20-15(18)16(12)14(17)8-11-6-4-5-7-13(11)19-3;1-2/h4-7,10,12H,8-9H2,1-3H3;1-2H3. The summed E-state index contributed by atoms with van der Waals surface area (Å²) in [5.41, 5.74) is 0.766. The summed E-state index contributed by atoms with van der Waals surface area (Å²) in [5.74, 6) is 0.563. The summed E-state index contributed by atoms with van der Waals surface area (Å²) in [5, 5.41) is 0. The second kappa shape index (κ2) is 8.41. The molecule has 22 heavy (non-hydrogen) atoms. The number of ether oxygens (including phenoxy) is 2. The molecule has 1 aliphatic rings. The lowest BCUT2D eigenvalue weighted by atomic mass is 10.0. The van der Waals surface area contributed by atoms with Crippen molar-refractivity contribution in [2.24, 2.45) is 5.92 Å². The van der Waals surface area contributed by atoms with Gasteiger partial charge in [0.15, 0.2) is 0 Å². The molecule has 2 rings (SSSR count). The number of hydrogen-bond donors (Lipinski definition) is 0. The van der Waals surface area contributed by atoms with Crippen molar-refractivity contribution in [3.63, 3.8) is 0 Å². The highest BCUT2D eigenvalue weighted by Crippen LogP contribution is 2.23. The minimum atomic E-state index is -0.552. The summed E-state index contributed by atoms with van der Waals surface area (Å²) < 4.78 is 10.2. The van der Waals surface area contributed by atoms with Gasteiger partial charge in [0.2, 0.25) is 5.91 Å². The van der Waals surface area contributed by atoms with Crippen molar-refractivity contribution in [1.82, 2.24) is 4.90 Å². The molecule has 122 valence electrons. The van der Waals surface area contributed by atoms with Gasteiger partial charge in [-0.15, -0.1) is 0 Å². The fourth-order valence-electron chi connectivity index (χ4n) is 2.31. The van der Waals surface area contributed by atoms with Gasteiger partial charge in [0.05, 0.1) is 19.6 Å². The van der Waals surface area contributed by atoms with Gasteiger partial charge in [0, 0.05) is 5.56 Å². The van der Waals surface area contributed by atoms with Crippen molar-refractivity contribution in [1.29, 1.82) is 0 Å². The van der Waals surface area contributed by atoms with Crippen LogP contribution in [0.3, 0.4) is 0 Å². The lowest BCUT2D eigenvalue weighted by molar-refractivity contribution is -0.129. The maximum Gasteiger partial charge on any atom is 0.416 e. The minimum absolute atomic E-state index is 0.127. The number of rotatable bonds is 4. The Morgan fingerprint density at radius 2 is 2.00 bits per heavy atom. The van der Waals surface area contributed by atoms with E-state index in [2.05, 4.69) is 0 Å². The van der Waals surface area contributed by atoms with Crippen LogP contribution in [0.4, 0.5) is 4.79 Å². The van der Waals surface area contributed by atoms with Gasteiger partial charge >= 0.3 is 6.09 Å². The molecule has 1 heterocycles. The van der Waals surface area contributed by atoms with E-state index < -0.39 is 6.09 Å². The van der Waals surface area contributed by atoms with Crippen LogP contribution in [-0.2, 0) is 16.0 Å². The molecule has 2 amide bonds. The van der Waals surface area contributed by atoms with Crippen LogP contribution in [0, 0.1) is 5.92 Å². The largest absolute Gasteiger partial charge is 0.496 e. The van der Waals surface area contributed by atoms with Crippen molar-refractivity contribution in [2.45, 2.75) is 40.2 Å². The highest BCUT2D eigenvalue weighted by Gasteiger charge is 2.39. The average molecular weight is 307 g/mol. The molecule has 0 radical (unpaired) electrons. The molecule has 5 heteroatoms. The highest BCUT2D eigenvalue weighted by molar-refractivity contribution is 5.94. The van der Waals surface area contributed by atoms with E-state index in [1.54, 1.807) is 13.2 Å². The molecule has 1 aromatic rings. The van der Waals surface area contributed by atoms with Crippen molar-refractivity contribution < 1.29 is 19.1 Å². The number of amides is 2. The molecule has 0 saturated carbocycles. The summed E-state index contributed by atoms with van der Waals surface area (Å²) in [7, 11) is 1.56. The van der Waals surface area contributed by atoms with E-state index in [0.29, 0.717) is 5.75 Å². The SMILES string of the molecule is CC.COc1ccccc1CC(=O)N1C(=O)OCC1C(C)C. The Morgan fingerprint density at radius 3 is 2.59 bits per heavy atom. The van der Waals surface area contributed by atoms with E-state index in [-0.39, 0.29) is 30.9 Å². The molecule has 1 fully saturated rings. The number of nitrogens with zero attached hydrogens (tertiary/aromatic N) is 1. The summed E-state index contributed by atoms with van der Waals surface area (Å²) >= 11 is 0. The monoisotopic (exact) mass is 307 g/mol. The Morgan fingerprint density at radius 1 is 1.36 bits per heavy atom. The molecular weight excluding hydrogens is 282 g/mol. The van der Waals surface area contributed by atoms with Crippen LogP contribution in [0.2, 0.25) is 0 Å². The molecular formula is C17H25NO4. The first-order valence-corrected chi connectivity index (χ1v) is 7.65. The molecule has 5 nitrogen and oxygen atoms in total. The Balaban J connectivity index is 0.00000116. The Labute approximate surface area is 132 Å². The van der Waals surface area contributed by atoms with Gasteiger partial charge in [-0.1, -0.05) is 45.9 Å². The zero-order chi connectivity index (χ0) is 16.7. The molecule has 0 aromatic heterocycles. The predicted octanol–water partition coefficient (Wildman–Crippen LogP) is 3.27. The molecule has 0 aliphatic carbocycles. The zero-order valence-electron chi connectivity index (χ0n) is 14.0. The van der Waals surface area contributed by atoms with Crippen molar-refractivity contribution in [3.8, 4) is 5.75 Å². The Hall–Kier alpha value is -2.04. The maximum absolute atomic E-state index is 12.4. The second-order valence-electron chi connectivity index (χ2n) is 5.14. The van der Waals surface area contributed by atoms with Crippen LogP contribution < -0.4 is 4.74 Å². The molecule has 0 bridgehead atoms. The van der Waals surface area contributed by atoms with Crippen LogP contribution in [0.25, 0.3) is 0 Å². The van der Waals surface area contributed by atoms with E-state index in [0.717, 1.165) is 5.56 Å². The number of benzene rings is 1. The second-order valence-corrected chi connectivity index (χ2v) is 5.14. The number of carbonyl (C=O) groups is 2. The Bertz CT molecular complexity index is 513. The van der Waals surface area contributed by atoms with E-state index in [1.165, 1.54) is 4.90 Å².